The van der Waals surface area contributed by atoms with Gasteiger partial charge in [-0.05, 0) is 43.0 Å². The summed E-state index contributed by atoms with van der Waals surface area (Å²) in [5, 5.41) is 1.04. The summed E-state index contributed by atoms with van der Waals surface area (Å²) in [6, 6.07) is 7.93. The van der Waals surface area contributed by atoms with E-state index in [2.05, 4.69) is 13.8 Å². The number of nitrogen functional groups attached to an aromatic ring is 1. The number of carbonyl (C=O) groups is 1. The van der Waals surface area contributed by atoms with Gasteiger partial charge in [-0.2, -0.15) is 0 Å². The molecule has 0 radical (unpaired) electrons. The normalized spacial score (nSPS) is 12.6. The quantitative estimate of drug-likeness (QED) is 0.862. The van der Waals surface area contributed by atoms with Gasteiger partial charge in [0.2, 0.25) is 0 Å². The summed E-state index contributed by atoms with van der Waals surface area (Å²) in [6.45, 7) is 4.14. The van der Waals surface area contributed by atoms with Gasteiger partial charge in [0.1, 0.15) is 0 Å². The van der Waals surface area contributed by atoms with Crippen LogP contribution in [0.4, 0.5) is 5.69 Å². The predicted molar refractivity (Wildman–Crippen MR) is 78.1 cm³/mol. The molecule has 1 unspecified atom stereocenters. The van der Waals surface area contributed by atoms with E-state index in [0.717, 1.165) is 27.1 Å². The summed E-state index contributed by atoms with van der Waals surface area (Å²) in [4.78, 5) is 14.9. The van der Waals surface area contributed by atoms with Crippen molar-refractivity contribution >= 4 is 33.0 Å². The Balaban J connectivity index is 2.33. The first kappa shape index (κ1) is 12.9. The van der Waals surface area contributed by atoms with E-state index in [1.807, 2.05) is 31.3 Å². The molecule has 1 atom stereocenters. The molecule has 3 nitrogen and oxygen atoms in total. The number of fused-ring (bicyclic) bond motifs is 1. The average molecular weight is 262 g/mol. The Morgan fingerprint density at radius 1 is 1.44 bits per heavy atom. The third-order valence-electron chi connectivity index (χ3n) is 3.32. The van der Waals surface area contributed by atoms with Crippen LogP contribution in [0.5, 0.6) is 0 Å². The number of thiophene rings is 1. The maximum absolute atomic E-state index is 12.3. The molecule has 0 aliphatic rings. The third kappa shape index (κ3) is 2.34. The molecule has 1 heterocycles. The first-order valence-corrected chi connectivity index (χ1v) is 6.90. The van der Waals surface area contributed by atoms with Gasteiger partial charge in [-0.3, -0.25) is 4.79 Å². The molecule has 96 valence electrons. The number of nitrogens with two attached hydrogens (primary N) is 1. The van der Waals surface area contributed by atoms with Gasteiger partial charge < -0.3 is 10.6 Å². The minimum absolute atomic E-state index is 0.0871. The van der Waals surface area contributed by atoms with Crippen LogP contribution in [0.2, 0.25) is 0 Å². The second-order valence-electron chi connectivity index (χ2n) is 4.58. The molecule has 0 spiro atoms. The van der Waals surface area contributed by atoms with Crippen molar-refractivity contribution in [2.24, 2.45) is 0 Å². The van der Waals surface area contributed by atoms with Crippen molar-refractivity contribution in [3.8, 4) is 0 Å². The molecule has 0 fully saturated rings. The predicted octanol–water partition coefficient (Wildman–Crippen LogP) is 3.35. The van der Waals surface area contributed by atoms with Gasteiger partial charge in [0, 0.05) is 23.5 Å². The largest absolute Gasteiger partial charge is 0.399 e. The fourth-order valence-electron chi connectivity index (χ4n) is 1.82. The maximum atomic E-state index is 12.3. The maximum Gasteiger partial charge on any atom is 0.263 e. The summed E-state index contributed by atoms with van der Waals surface area (Å²) in [5.74, 6) is 0.0871. The summed E-state index contributed by atoms with van der Waals surface area (Å²) in [7, 11) is 1.86. The number of anilines is 1. The summed E-state index contributed by atoms with van der Waals surface area (Å²) in [5.41, 5.74) is 6.48. The molecule has 1 aromatic carbocycles. The van der Waals surface area contributed by atoms with Crippen molar-refractivity contribution in [2.45, 2.75) is 26.3 Å². The molecule has 0 aliphatic heterocycles. The molecule has 2 rings (SSSR count). The highest BCUT2D eigenvalue weighted by atomic mass is 32.1. The molecule has 1 amide bonds. The second kappa shape index (κ2) is 4.98. The molecule has 18 heavy (non-hydrogen) atoms. The topological polar surface area (TPSA) is 46.3 Å². The van der Waals surface area contributed by atoms with Gasteiger partial charge in [-0.1, -0.05) is 6.92 Å². The third-order valence-corrected chi connectivity index (χ3v) is 4.43. The number of amides is 1. The zero-order chi connectivity index (χ0) is 13.3. The SMILES string of the molecule is CCC(C)N(C)C(=O)c1cc2cc(N)ccc2s1. The summed E-state index contributed by atoms with van der Waals surface area (Å²) >= 11 is 1.52. The van der Waals surface area contributed by atoms with Crippen LogP contribution >= 0.6 is 11.3 Å². The van der Waals surface area contributed by atoms with Gasteiger partial charge in [0.05, 0.1) is 4.88 Å². The molecule has 0 saturated heterocycles. The molecule has 4 heteroatoms. The monoisotopic (exact) mass is 262 g/mol. The molecule has 2 N–H and O–H groups in total. The molecule has 1 aromatic heterocycles. The minimum Gasteiger partial charge on any atom is -0.399 e. The number of hydrogen-bond acceptors (Lipinski definition) is 3. The van der Waals surface area contributed by atoms with E-state index in [1.54, 1.807) is 4.90 Å². The van der Waals surface area contributed by atoms with Crippen molar-refractivity contribution in [2.75, 3.05) is 12.8 Å². The zero-order valence-electron chi connectivity index (χ0n) is 10.9. The summed E-state index contributed by atoms with van der Waals surface area (Å²) in [6.07, 6.45) is 0.958. The molecular weight excluding hydrogens is 244 g/mol. The van der Waals surface area contributed by atoms with Crippen molar-refractivity contribution in [1.82, 2.24) is 4.90 Å². The Morgan fingerprint density at radius 3 is 2.83 bits per heavy atom. The lowest BCUT2D eigenvalue weighted by atomic mass is 10.2. The van der Waals surface area contributed by atoms with Gasteiger partial charge in [0.15, 0.2) is 0 Å². The van der Waals surface area contributed by atoms with E-state index in [1.165, 1.54) is 11.3 Å². The average Bonchev–Trinajstić information content (AvgIpc) is 2.78. The second-order valence-corrected chi connectivity index (χ2v) is 5.67. The van der Waals surface area contributed by atoms with E-state index in [-0.39, 0.29) is 11.9 Å². The highest BCUT2D eigenvalue weighted by molar-refractivity contribution is 7.20. The van der Waals surface area contributed by atoms with Crippen molar-refractivity contribution in [3.05, 3.63) is 29.1 Å². The fraction of sp³-hybridized carbons (Fsp3) is 0.357. The van der Waals surface area contributed by atoms with Crippen molar-refractivity contribution in [3.63, 3.8) is 0 Å². The van der Waals surface area contributed by atoms with E-state index in [4.69, 9.17) is 5.73 Å². The molecule has 0 aliphatic carbocycles. The lowest BCUT2D eigenvalue weighted by Crippen LogP contribution is -2.34. The van der Waals surface area contributed by atoms with Crippen LogP contribution in [0.15, 0.2) is 24.3 Å². The van der Waals surface area contributed by atoms with Crippen LogP contribution in [0.3, 0.4) is 0 Å². The Morgan fingerprint density at radius 2 is 2.17 bits per heavy atom. The van der Waals surface area contributed by atoms with Gasteiger partial charge in [-0.25, -0.2) is 0 Å². The zero-order valence-corrected chi connectivity index (χ0v) is 11.8. The van der Waals surface area contributed by atoms with Crippen LogP contribution in [0.1, 0.15) is 29.9 Å². The van der Waals surface area contributed by atoms with Gasteiger partial charge in [0.25, 0.3) is 5.91 Å². The lowest BCUT2D eigenvalue weighted by Gasteiger charge is -2.22. The smallest absolute Gasteiger partial charge is 0.263 e. The van der Waals surface area contributed by atoms with Crippen LogP contribution in [0.25, 0.3) is 10.1 Å². The van der Waals surface area contributed by atoms with E-state index < -0.39 is 0 Å². The Bertz CT molecular complexity index is 576. The van der Waals surface area contributed by atoms with E-state index >= 15 is 0 Å². The van der Waals surface area contributed by atoms with Gasteiger partial charge in [-0.15, -0.1) is 11.3 Å². The standard InChI is InChI=1S/C14H18N2OS/c1-4-9(2)16(3)14(17)13-8-10-7-11(15)5-6-12(10)18-13/h5-9H,4,15H2,1-3H3. The first-order chi connectivity index (χ1) is 8.52. The lowest BCUT2D eigenvalue weighted by molar-refractivity contribution is 0.0745. The number of rotatable bonds is 3. The Hall–Kier alpha value is -1.55. The number of nitrogens with zero attached hydrogens (tertiary/aromatic N) is 1. The van der Waals surface area contributed by atoms with Gasteiger partial charge >= 0.3 is 0 Å². The summed E-state index contributed by atoms with van der Waals surface area (Å²) < 4.78 is 1.10. The van der Waals surface area contributed by atoms with Crippen LogP contribution in [0, 0.1) is 0 Å². The number of benzene rings is 1. The number of hydrogen-bond donors (Lipinski definition) is 1. The highest BCUT2D eigenvalue weighted by Crippen LogP contribution is 2.28. The van der Waals surface area contributed by atoms with Crippen LogP contribution in [-0.4, -0.2) is 23.9 Å². The Kier molecular flexibility index (Phi) is 3.57. The van der Waals surface area contributed by atoms with Crippen LogP contribution in [-0.2, 0) is 0 Å². The first-order valence-electron chi connectivity index (χ1n) is 6.09. The minimum atomic E-state index is 0.0871. The number of carbonyl (C=O) groups excluding carboxylic acids is 1. The highest BCUT2D eigenvalue weighted by Gasteiger charge is 2.18. The molecule has 0 saturated carbocycles. The van der Waals surface area contributed by atoms with Crippen LogP contribution < -0.4 is 5.73 Å². The molecule has 0 bridgehead atoms. The van der Waals surface area contributed by atoms with E-state index in [9.17, 15) is 4.79 Å². The Labute approximate surface area is 111 Å². The molecular formula is C14H18N2OS. The van der Waals surface area contributed by atoms with Crippen molar-refractivity contribution in [1.29, 1.82) is 0 Å². The van der Waals surface area contributed by atoms with E-state index in [0.29, 0.717) is 0 Å². The molecule has 2 aromatic rings. The fourth-order valence-corrected chi connectivity index (χ4v) is 2.84. The van der Waals surface area contributed by atoms with Crippen molar-refractivity contribution < 1.29 is 4.79 Å².